The van der Waals surface area contributed by atoms with Gasteiger partial charge in [0.05, 0.1) is 13.2 Å². The van der Waals surface area contributed by atoms with Crippen molar-refractivity contribution in [2.24, 2.45) is 5.92 Å². The maximum atomic E-state index is 11.2. The molecule has 2 unspecified atom stereocenters. The van der Waals surface area contributed by atoms with Gasteiger partial charge in [0, 0.05) is 0 Å². The first-order valence-corrected chi connectivity index (χ1v) is 4.06. The second-order valence-electron chi connectivity index (χ2n) is 3.47. The molecule has 0 saturated carbocycles. The van der Waals surface area contributed by atoms with E-state index in [4.69, 9.17) is 5.11 Å². The number of rotatable bonds is 3. The summed E-state index contributed by atoms with van der Waals surface area (Å²) in [6.45, 7) is 3.70. The molecule has 2 N–H and O–H groups in total. The van der Waals surface area contributed by atoms with Crippen LogP contribution in [0.3, 0.4) is 0 Å². The van der Waals surface area contributed by atoms with Crippen LogP contribution in [0.4, 0.5) is 0 Å². The Morgan fingerprint density at radius 2 is 2.08 bits per heavy atom. The van der Waals surface area contributed by atoms with Crippen LogP contribution in [-0.2, 0) is 14.3 Å². The lowest BCUT2D eigenvalue weighted by molar-refractivity contribution is -0.154. The van der Waals surface area contributed by atoms with Gasteiger partial charge in [-0.2, -0.15) is 0 Å². The van der Waals surface area contributed by atoms with Gasteiger partial charge in [0.15, 0.2) is 0 Å². The van der Waals surface area contributed by atoms with Gasteiger partial charge < -0.3 is 9.84 Å². The van der Waals surface area contributed by atoms with E-state index in [1.54, 1.807) is 0 Å². The summed E-state index contributed by atoms with van der Waals surface area (Å²) in [5.41, 5.74) is -1.50. The van der Waals surface area contributed by atoms with Crippen molar-refractivity contribution in [2.45, 2.75) is 25.4 Å². The van der Waals surface area contributed by atoms with Gasteiger partial charge in [0.2, 0.25) is 5.54 Å². The second-order valence-corrected chi connectivity index (χ2v) is 3.47. The number of carbonyl (C=O) groups is 2. The van der Waals surface area contributed by atoms with E-state index in [0.717, 1.165) is 0 Å². The molecule has 1 saturated heterocycles. The minimum Gasteiger partial charge on any atom is -0.479 e. The van der Waals surface area contributed by atoms with Gasteiger partial charge in [-0.1, -0.05) is 13.8 Å². The first-order valence-electron chi connectivity index (χ1n) is 4.06. The Hall–Kier alpha value is -1.10. The van der Waals surface area contributed by atoms with E-state index >= 15 is 0 Å². The minimum absolute atomic E-state index is 0.0928. The first-order chi connectivity index (χ1) is 5.96. The molecule has 5 nitrogen and oxygen atoms in total. The molecule has 0 amide bonds. The average molecular weight is 187 g/mol. The molecule has 0 aliphatic carbocycles. The van der Waals surface area contributed by atoms with Crippen LogP contribution < -0.4 is 5.32 Å². The van der Waals surface area contributed by atoms with Crippen molar-refractivity contribution in [1.82, 2.24) is 5.32 Å². The van der Waals surface area contributed by atoms with Crippen molar-refractivity contribution in [3.8, 4) is 0 Å². The zero-order valence-electron chi connectivity index (χ0n) is 7.83. The van der Waals surface area contributed by atoms with Gasteiger partial charge in [-0.15, -0.1) is 0 Å². The number of aliphatic carboxylic acids is 1. The molecule has 13 heavy (non-hydrogen) atoms. The van der Waals surface area contributed by atoms with Gasteiger partial charge in [-0.25, -0.2) is 9.59 Å². The third-order valence-corrected chi connectivity index (χ3v) is 2.28. The zero-order chi connectivity index (χ0) is 10.2. The number of methoxy groups -OCH3 is 1. The van der Waals surface area contributed by atoms with Gasteiger partial charge in [0.1, 0.15) is 0 Å². The minimum atomic E-state index is -1.50. The van der Waals surface area contributed by atoms with Crippen LogP contribution in [0.25, 0.3) is 0 Å². The lowest BCUT2D eigenvalue weighted by Gasteiger charge is -2.08. The second kappa shape index (κ2) is 2.99. The monoisotopic (exact) mass is 187 g/mol. The van der Waals surface area contributed by atoms with Crippen LogP contribution in [0.15, 0.2) is 0 Å². The summed E-state index contributed by atoms with van der Waals surface area (Å²) in [6, 6.07) is -0.322. The average Bonchev–Trinajstić information content (AvgIpc) is 2.78. The molecule has 0 spiro atoms. The number of hydrogen-bond donors (Lipinski definition) is 2. The van der Waals surface area contributed by atoms with Crippen molar-refractivity contribution >= 4 is 11.9 Å². The molecule has 0 aromatic rings. The van der Waals surface area contributed by atoms with Crippen LogP contribution in [0.5, 0.6) is 0 Å². The Morgan fingerprint density at radius 1 is 1.54 bits per heavy atom. The quantitative estimate of drug-likeness (QED) is 0.357. The van der Waals surface area contributed by atoms with Crippen molar-refractivity contribution < 1.29 is 19.4 Å². The smallest absolute Gasteiger partial charge is 0.339 e. The molecule has 1 fully saturated rings. The molecule has 0 aromatic carbocycles. The first kappa shape index (κ1) is 9.98. The number of hydrogen-bond acceptors (Lipinski definition) is 4. The fourth-order valence-electron chi connectivity index (χ4n) is 1.50. The Balaban J connectivity index is 2.84. The summed E-state index contributed by atoms with van der Waals surface area (Å²) in [4.78, 5) is 22.0. The van der Waals surface area contributed by atoms with Crippen molar-refractivity contribution in [2.75, 3.05) is 7.11 Å². The van der Waals surface area contributed by atoms with E-state index in [2.05, 4.69) is 10.1 Å². The molecule has 5 heteroatoms. The van der Waals surface area contributed by atoms with Crippen LogP contribution >= 0.6 is 0 Å². The van der Waals surface area contributed by atoms with E-state index in [9.17, 15) is 9.59 Å². The summed E-state index contributed by atoms with van der Waals surface area (Å²) >= 11 is 0. The highest BCUT2D eigenvalue weighted by Crippen LogP contribution is 2.33. The highest BCUT2D eigenvalue weighted by Gasteiger charge is 2.68. The number of ether oxygens (including phenoxy) is 1. The van der Waals surface area contributed by atoms with Crippen molar-refractivity contribution in [1.29, 1.82) is 0 Å². The lowest BCUT2D eigenvalue weighted by atomic mass is 9.97. The molecule has 1 aliphatic heterocycles. The Morgan fingerprint density at radius 3 is 2.31 bits per heavy atom. The fourth-order valence-corrected chi connectivity index (χ4v) is 1.50. The summed E-state index contributed by atoms with van der Waals surface area (Å²) in [7, 11) is 1.18. The van der Waals surface area contributed by atoms with Crippen molar-refractivity contribution in [3.63, 3.8) is 0 Å². The lowest BCUT2D eigenvalue weighted by Crippen LogP contribution is -2.40. The molecule has 0 radical (unpaired) electrons. The normalized spacial score (nSPS) is 31.5. The van der Waals surface area contributed by atoms with Gasteiger partial charge in [0.25, 0.3) is 0 Å². The third-order valence-electron chi connectivity index (χ3n) is 2.28. The molecule has 0 aromatic heterocycles. The zero-order valence-corrected chi connectivity index (χ0v) is 7.83. The molecule has 1 aliphatic rings. The molecule has 0 bridgehead atoms. The van der Waals surface area contributed by atoms with Gasteiger partial charge in [-0.3, -0.25) is 5.32 Å². The standard InChI is InChI=1S/C8H13NO4/c1-4(2)5-8(9-5,6(10)11)7(12)13-3/h4-5,9H,1-3H3,(H,10,11). The molecule has 1 heterocycles. The summed E-state index contributed by atoms with van der Waals surface area (Å²) in [5.74, 6) is -1.80. The number of esters is 1. The molecule has 1 rings (SSSR count). The largest absolute Gasteiger partial charge is 0.479 e. The predicted octanol–water partition coefficient (Wildman–Crippen LogP) is -0.389. The topological polar surface area (TPSA) is 85.5 Å². The molecule has 74 valence electrons. The Bertz CT molecular complexity index is 251. The van der Waals surface area contributed by atoms with E-state index in [1.165, 1.54) is 7.11 Å². The molecular weight excluding hydrogens is 174 g/mol. The summed E-state index contributed by atoms with van der Waals surface area (Å²) in [6.07, 6.45) is 0. The van der Waals surface area contributed by atoms with E-state index < -0.39 is 17.5 Å². The van der Waals surface area contributed by atoms with Crippen LogP contribution in [-0.4, -0.2) is 35.7 Å². The Labute approximate surface area is 76.1 Å². The molecule has 2 atom stereocenters. The number of nitrogens with one attached hydrogen (secondary N) is 1. The Kier molecular flexibility index (Phi) is 2.30. The van der Waals surface area contributed by atoms with Crippen LogP contribution in [0.1, 0.15) is 13.8 Å². The van der Waals surface area contributed by atoms with Crippen LogP contribution in [0, 0.1) is 5.92 Å². The van der Waals surface area contributed by atoms with Gasteiger partial charge in [-0.05, 0) is 5.92 Å². The fraction of sp³-hybridized carbons (Fsp3) is 0.750. The van der Waals surface area contributed by atoms with E-state index in [-0.39, 0.29) is 12.0 Å². The highest BCUT2D eigenvalue weighted by atomic mass is 16.5. The summed E-state index contributed by atoms with van der Waals surface area (Å²) < 4.78 is 4.44. The van der Waals surface area contributed by atoms with Crippen LogP contribution in [0.2, 0.25) is 0 Å². The number of carboxylic acid groups (broad SMARTS) is 1. The highest BCUT2D eigenvalue weighted by molar-refractivity contribution is 6.09. The number of carboxylic acids is 1. The van der Waals surface area contributed by atoms with E-state index in [1.807, 2.05) is 13.8 Å². The third kappa shape index (κ3) is 1.29. The van der Waals surface area contributed by atoms with Gasteiger partial charge >= 0.3 is 11.9 Å². The van der Waals surface area contributed by atoms with E-state index in [0.29, 0.717) is 0 Å². The predicted molar refractivity (Wildman–Crippen MR) is 44.1 cm³/mol. The van der Waals surface area contributed by atoms with Crippen molar-refractivity contribution in [3.05, 3.63) is 0 Å². The maximum absolute atomic E-state index is 11.2. The molecular formula is C8H13NO4. The number of carbonyl (C=O) groups excluding carboxylic acids is 1. The maximum Gasteiger partial charge on any atom is 0.339 e. The summed E-state index contributed by atoms with van der Waals surface area (Å²) in [5, 5.41) is 11.5. The SMILES string of the molecule is COC(=O)C1(C(=O)O)NC1C(C)C.